The van der Waals surface area contributed by atoms with Crippen LogP contribution in [0, 0.1) is 11.8 Å². The Balaban J connectivity index is 2.12. The van der Waals surface area contributed by atoms with E-state index in [0.717, 1.165) is 11.3 Å². The Kier molecular flexibility index (Phi) is 4.22. The summed E-state index contributed by atoms with van der Waals surface area (Å²) in [5, 5.41) is 0.651. The minimum atomic E-state index is -0.249. The molecule has 0 atom stereocenters. The average molecular weight is 270 g/mol. The Hall–Kier alpha value is -2.24. The van der Waals surface area contributed by atoms with Gasteiger partial charge in [0.1, 0.15) is 0 Å². The van der Waals surface area contributed by atoms with Crippen LogP contribution in [0.15, 0.2) is 54.6 Å². The van der Waals surface area contributed by atoms with Crippen molar-refractivity contribution in [2.24, 2.45) is 0 Å². The summed E-state index contributed by atoms with van der Waals surface area (Å²) >= 11 is 5.78. The monoisotopic (exact) mass is 269 g/mol. The summed E-state index contributed by atoms with van der Waals surface area (Å²) in [4.78, 5) is 13.4. The van der Waals surface area contributed by atoms with E-state index in [2.05, 4.69) is 11.8 Å². The number of nitrogens with zero attached hydrogens (tertiary/aromatic N) is 1. The highest BCUT2D eigenvalue weighted by atomic mass is 35.5. The van der Waals surface area contributed by atoms with Crippen LogP contribution < -0.4 is 4.90 Å². The van der Waals surface area contributed by atoms with Gasteiger partial charge in [0.15, 0.2) is 0 Å². The van der Waals surface area contributed by atoms with Crippen LogP contribution in [0.2, 0.25) is 5.02 Å². The first-order valence-corrected chi connectivity index (χ1v) is 6.15. The first-order chi connectivity index (χ1) is 9.16. The normalized spacial score (nSPS) is 9.37. The highest BCUT2D eigenvalue weighted by molar-refractivity contribution is 6.30. The SMILES string of the molecule is CN(C(=O)C#Cc1ccc(Cl)cc1)c1ccccc1. The molecule has 0 aliphatic rings. The van der Waals surface area contributed by atoms with Crippen LogP contribution in [0.5, 0.6) is 0 Å². The van der Waals surface area contributed by atoms with Crippen molar-refractivity contribution in [3.05, 3.63) is 65.2 Å². The fourth-order valence-electron chi connectivity index (χ4n) is 1.51. The number of benzene rings is 2. The molecule has 94 valence electrons. The summed E-state index contributed by atoms with van der Waals surface area (Å²) in [7, 11) is 1.70. The van der Waals surface area contributed by atoms with E-state index in [9.17, 15) is 4.79 Å². The highest BCUT2D eigenvalue weighted by Gasteiger charge is 2.06. The molecule has 19 heavy (non-hydrogen) atoms. The van der Waals surface area contributed by atoms with Gasteiger partial charge in [0.25, 0.3) is 0 Å². The van der Waals surface area contributed by atoms with Crippen LogP contribution in [-0.2, 0) is 4.79 Å². The summed E-state index contributed by atoms with van der Waals surface area (Å²) in [6.07, 6.45) is 0. The Bertz CT molecular complexity index is 623. The van der Waals surface area contributed by atoms with E-state index >= 15 is 0 Å². The van der Waals surface area contributed by atoms with Crippen LogP contribution in [0.3, 0.4) is 0 Å². The summed E-state index contributed by atoms with van der Waals surface area (Å²) in [5.74, 6) is 5.18. The van der Waals surface area contributed by atoms with Crippen LogP contribution in [-0.4, -0.2) is 13.0 Å². The fraction of sp³-hybridized carbons (Fsp3) is 0.0625. The second-order valence-corrected chi connectivity index (χ2v) is 4.39. The lowest BCUT2D eigenvalue weighted by Crippen LogP contribution is -2.24. The van der Waals surface area contributed by atoms with Crippen molar-refractivity contribution < 1.29 is 4.79 Å². The number of carbonyl (C=O) groups excluding carboxylic acids is 1. The topological polar surface area (TPSA) is 20.3 Å². The maximum atomic E-state index is 11.9. The Morgan fingerprint density at radius 1 is 1.05 bits per heavy atom. The average Bonchev–Trinajstić information content (AvgIpc) is 2.46. The zero-order valence-corrected chi connectivity index (χ0v) is 11.2. The van der Waals surface area contributed by atoms with E-state index in [1.165, 1.54) is 4.90 Å². The molecule has 1 amide bonds. The van der Waals surface area contributed by atoms with Gasteiger partial charge >= 0.3 is 5.91 Å². The van der Waals surface area contributed by atoms with E-state index < -0.39 is 0 Å². The largest absolute Gasteiger partial charge is 0.305 e. The third-order valence-corrected chi connectivity index (χ3v) is 2.86. The maximum Gasteiger partial charge on any atom is 0.302 e. The number of anilines is 1. The zero-order chi connectivity index (χ0) is 13.7. The van der Waals surface area contributed by atoms with Crippen LogP contribution in [0.25, 0.3) is 0 Å². The third kappa shape index (κ3) is 3.61. The third-order valence-electron chi connectivity index (χ3n) is 2.61. The minimum absolute atomic E-state index is 0.249. The summed E-state index contributed by atoms with van der Waals surface area (Å²) in [5.41, 5.74) is 1.58. The molecule has 2 nitrogen and oxygen atoms in total. The Morgan fingerprint density at radius 2 is 1.68 bits per heavy atom. The van der Waals surface area contributed by atoms with Crippen LogP contribution in [0.1, 0.15) is 5.56 Å². The zero-order valence-electron chi connectivity index (χ0n) is 10.4. The molecule has 0 aliphatic carbocycles. The van der Waals surface area contributed by atoms with Gasteiger partial charge in [-0.05, 0) is 36.4 Å². The predicted molar refractivity (Wildman–Crippen MR) is 78.2 cm³/mol. The molecule has 0 radical (unpaired) electrons. The molecule has 0 N–H and O–H groups in total. The minimum Gasteiger partial charge on any atom is -0.305 e. The van der Waals surface area contributed by atoms with Crippen molar-refractivity contribution in [2.45, 2.75) is 0 Å². The lowest BCUT2D eigenvalue weighted by atomic mass is 10.2. The molecular formula is C16H12ClNO. The van der Waals surface area contributed by atoms with Gasteiger partial charge in [-0.2, -0.15) is 0 Å². The number of para-hydroxylation sites is 1. The Labute approximate surface area is 117 Å². The van der Waals surface area contributed by atoms with Gasteiger partial charge in [0, 0.05) is 29.2 Å². The predicted octanol–water partition coefficient (Wildman–Crippen LogP) is 3.35. The first-order valence-electron chi connectivity index (χ1n) is 5.77. The fourth-order valence-corrected chi connectivity index (χ4v) is 1.64. The second-order valence-electron chi connectivity index (χ2n) is 3.96. The summed E-state index contributed by atoms with van der Waals surface area (Å²) in [6, 6.07) is 16.5. The molecule has 0 spiro atoms. The standard InChI is InChI=1S/C16H12ClNO/c1-18(15-5-3-2-4-6-15)16(19)12-9-13-7-10-14(17)11-8-13/h2-8,10-11H,1H3. The van der Waals surface area contributed by atoms with Gasteiger partial charge in [0.05, 0.1) is 0 Å². The molecule has 0 saturated heterocycles. The van der Waals surface area contributed by atoms with Gasteiger partial charge in [0.2, 0.25) is 0 Å². The molecule has 0 heterocycles. The quantitative estimate of drug-likeness (QED) is 0.727. The molecule has 0 saturated carbocycles. The van der Waals surface area contributed by atoms with E-state index in [-0.39, 0.29) is 5.91 Å². The molecule has 2 aromatic carbocycles. The molecule has 0 fully saturated rings. The van der Waals surface area contributed by atoms with Crippen LogP contribution in [0.4, 0.5) is 5.69 Å². The van der Waals surface area contributed by atoms with E-state index in [1.807, 2.05) is 30.3 Å². The van der Waals surface area contributed by atoms with Gasteiger partial charge in [-0.3, -0.25) is 4.79 Å². The maximum absolute atomic E-state index is 11.9. The van der Waals surface area contributed by atoms with Gasteiger partial charge in [-0.1, -0.05) is 35.7 Å². The molecule has 2 rings (SSSR count). The molecule has 0 bridgehead atoms. The lowest BCUT2D eigenvalue weighted by molar-refractivity contribution is -0.113. The van der Waals surface area contributed by atoms with Gasteiger partial charge in [-0.25, -0.2) is 0 Å². The number of rotatable bonds is 1. The van der Waals surface area contributed by atoms with Crippen molar-refractivity contribution in [3.63, 3.8) is 0 Å². The molecule has 0 aliphatic heterocycles. The number of amides is 1. The summed E-state index contributed by atoms with van der Waals surface area (Å²) in [6.45, 7) is 0. The molecule has 2 aromatic rings. The van der Waals surface area contributed by atoms with Crippen molar-refractivity contribution in [1.29, 1.82) is 0 Å². The summed E-state index contributed by atoms with van der Waals surface area (Å²) < 4.78 is 0. The Morgan fingerprint density at radius 3 is 2.32 bits per heavy atom. The number of halogens is 1. The van der Waals surface area contributed by atoms with E-state index in [4.69, 9.17) is 11.6 Å². The van der Waals surface area contributed by atoms with Crippen LogP contribution >= 0.6 is 11.6 Å². The number of hydrogen-bond donors (Lipinski definition) is 0. The smallest absolute Gasteiger partial charge is 0.302 e. The number of carbonyl (C=O) groups is 1. The van der Waals surface area contributed by atoms with Crippen molar-refractivity contribution in [3.8, 4) is 11.8 Å². The molecule has 3 heteroatoms. The van der Waals surface area contributed by atoms with Crippen molar-refractivity contribution in [2.75, 3.05) is 11.9 Å². The molecule has 0 aromatic heterocycles. The van der Waals surface area contributed by atoms with E-state index in [0.29, 0.717) is 5.02 Å². The van der Waals surface area contributed by atoms with Crippen molar-refractivity contribution >= 4 is 23.2 Å². The number of hydrogen-bond acceptors (Lipinski definition) is 1. The highest BCUT2D eigenvalue weighted by Crippen LogP contribution is 2.11. The van der Waals surface area contributed by atoms with E-state index in [1.54, 1.807) is 31.3 Å². The lowest BCUT2D eigenvalue weighted by Gasteiger charge is -2.13. The molecule has 0 unspecified atom stereocenters. The van der Waals surface area contributed by atoms with Gasteiger partial charge in [-0.15, -0.1) is 0 Å². The van der Waals surface area contributed by atoms with Gasteiger partial charge < -0.3 is 4.90 Å². The molecular weight excluding hydrogens is 258 g/mol. The second kappa shape index (κ2) is 6.08. The first kappa shape index (κ1) is 13.2. The van der Waals surface area contributed by atoms with Crippen molar-refractivity contribution in [1.82, 2.24) is 0 Å².